The Morgan fingerprint density at radius 2 is 0.688 bits per heavy atom. The molecule has 0 spiro atoms. The van der Waals surface area contributed by atoms with Crippen molar-refractivity contribution in [1.82, 2.24) is 53.2 Å². The smallest absolute Gasteiger partial charge is 0.220 e. The Bertz CT molecular complexity index is 2160. The van der Waals surface area contributed by atoms with Crippen molar-refractivity contribution < 1.29 is 102 Å². The fourth-order valence-corrected chi connectivity index (χ4v) is 10.9. The van der Waals surface area contributed by atoms with Gasteiger partial charge in [0.1, 0.15) is 48.7 Å². The van der Waals surface area contributed by atoms with Gasteiger partial charge in [0.05, 0.1) is 13.2 Å². The fourth-order valence-electron chi connectivity index (χ4n) is 10.9. The van der Waals surface area contributed by atoms with Crippen LogP contribution in [0.3, 0.4) is 0 Å². The Kier molecular flexibility index (Phi) is 47.1. The molecule has 4 unspecified atom stereocenters. The summed E-state index contributed by atoms with van der Waals surface area (Å²) in [7, 11) is 1.65. The maximum absolute atomic E-state index is 13.9. The van der Waals surface area contributed by atoms with E-state index >= 15 is 0 Å². The molecule has 2 saturated heterocycles. The molecule has 31 heteroatoms. The Labute approximate surface area is 566 Å². The quantitative estimate of drug-likeness (QED) is 0.0330. The Morgan fingerprint density at radius 1 is 0.375 bits per heavy atom. The van der Waals surface area contributed by atoms with Gasteiger partial charge in [-0.25, -0.2) is 0 Å². The summed E-state index contributed by atoms with van der Waals surface area (Å²) in [6, 6.07) is -2.12. The molecule has 2 fully saturated rings. The van der Waals surface area contributed by atoms with E-state index in [1.807, 2.05) is 0 Å². The summed E-state index contributed by atoms with van der Waals surface area (Å²) in [5.41, 5.74) is -1.25. The van der Waals surface area contributed by atoms with Crippen LogP contribution in [-0.4, -0.2) is 242 Å². The number of nitrogens with one attached hydrogen (secondary N) is 10. The van der Waals surface area contributed by atoms with Crippen LogP contribution in [-0.2, 0) is 71.6 Å². The largest absolute Gasteiger partial charge is 0.394 e. The molecule has 0 aliphatic carbocycles. The maximum Gasteiger partial charge on any atom is 0.220 e. The number of carbonyl (C=O) groups excluding carboxylic acids is 10. The predicted octanol–water partition coefficient (Wildman–Crippen LogP) is -0.836. The van der Waals surface area contributed by atoms with Gasteiger partial charge in [0, 0.05) is 143 Å². The van der Waals surface area contributed by atoms with Crippen molar-refractivity contribution in [2.24, 2.45) is 0 Å². The number of rotatable bonds is 55. The highest BCUT2D eigenvalue weighted by atomic mass is 16.7. The van der Waals surface area contributed by atoms with Crippen LogP contribution in [0.15, 0.2) is 0 Å². The summed E-state index contributed by atoms with van der Waals surface area (Å²) in [6.45, 7) is 6.42. The van der Waals surface area contributed by atoms with Gasteiger partial charge in [-0.05, 0) is 89.9 Å². The van der Waals surface area contributed by atoms with Crippen LogP contribution < -0.4 is 53.2 Å². The first-order valence-corrected chi connectivity index (χ1v) is 34.8. The normalized spacial score (nSPS) is 21.4. The summed E-state index contributed by atoms with van der Waals surface area (Å²) < 4.78 is 27.7. The van der Waals surface area contributed by atoms with Gasteiger partial charge in [0.15, 0.2) is 12.6 Å². The Morgan fingerprint density at radius 3 is 1.04 bits per heavy atom. The topological polar surface area (TPSA) is 459 Å². The molecule has 0 radical (unpaired) electrons. The lowest BCUT2D eigenvalue weighted by Crippen LogP contribution is -2.64. The van der Waals surface area contributed by atoms with Crippen LogP contribution >= 0.6 is 0 Å². The molecule has 10 atom stereocenters. The minimum atomic E-state index is -1.43. The predicted molar refractivity (Wildman–Crippen MR) is 351 cm³/mol. The first kappa shape index (κ1) is 86.3. The van der Waals surface area contributed by atoms with E-state index in [1.165, 1.54) is 13.8 Å². The van der Waals surface area contributed by atoms with Gasteiger partial charge < -0.3 is 107 Å². The molecule has 2 rings (SSSR count). The van der Waals surface area contributed by atoms with E-state index in [2.05, 4.69) is 60.1 Å². The highest BCUT2D eigenvalue weighted by Gasteiger charge is 2.46. The van der Waals surface area contributed by atoms with E-state index in [0.717, 1.165) is 44.9 Å². The molecule has 31 nitrogen and oxygen atoms in total. The summed E-state index contributed by atoms with van der Waals surface area (Å²) in [5, 5.41) is 88.7. The lowest BCUT2D eigenvalue weighted by Gasteiger charge is -2.42. The van der Waals surface area contributed by atoms with Gasteiger partial charge in [-0.15, -0.1) is 0 Å². The highest BCUT2D eigenvalue weighted by molar-refractivity contribution is 5.81. The Hall–Kier alpha value is -5.74. The number of aliphatic hydroxyl groups is 6. The zero-order chi connectivity index (χ0) is 70.9. The van der Waals surface area contributed by atoms with Crippen molar-refractivity contribution in [3.8, 4) is 0 Å². The van der Waals surface area contributed by atoms with Crippen LogP contribution in [0.4, 0.5) is 0 Å². The van der Waals surface area contributed by atoms with Gasteiger partial charge in [-0.3, -0.25) is 47.9 Å². The van der Waals surface area contributed by atoms with Crippen LogP contribution in [0, 0.1) is 0 Å². The third-order valence-corrected chi connectivity index (χ3v) is 16.5. The second-order valence-electron chi connectivity index (χ2n) is 24.8. The lowest BCUT2D eigenvalue weighted by molar-refractivity contribution is -0.270. The van der Waals surface area contributed by atoms with Gasteiger partial charge in [-0.1, -0.05) is 45.4 Å². The monoisotopic (exact) mass is 1370 g/mol. The second-order valence-corrected chi connectivity index (χ2v) is 24.8. The SMILES string of the molecule is CCCCCC(=O)NCCCNC(=O)CCC(CCC(=O)NCCCNC(=O)CCCCCO[C@@H]1OC(CO)[C@H](O)[C@H](O)C1NC(C)=O)(CCC(=O)NCCCNC(=O)CCCCCO[C@@H]1OC(CO)[C@H](O)[C@H](O)C1NC(C)=O)NC(=O)CCCC(=O)NCCCCCCOC. The van der Waals surface area contributed by atoms with Gasteiger partial charge in [0.25, 0.3) is 0 Å². The van der Waals surface area contributed by atoms with Crippen molar-refractivity contribution in [2.75, 3.05) is 86.0 Å². The van der Waals surface area contributed by atoms with E-state index in [1.54, 1.807) is 7.11 Å². The maximum atomic E-state index is 13.9. The highest BCUT2D eigenvalue weighted by Crippen LogP contribution is 2.28. The van der Waals surface area contributed by atoms with Gasteiger partial charge >= 0.3 is 0 Å². The zero-order valence-electron chi connectivity index (χ0n) is 57.4. The molecule has 0 aromatic rings. The molecule has 554 valence electrons. The number of unbranched alkanes of at least 4 members (excludes halogenated alkanes) is 9. The molecule has 10 amide bonds. The first-order chi connectivity index (χ1) is 46.1. The van der Waals surface area contributed by atoms with Crippen LogP contribution in [0.1, 0.15) is 201 Å². The molecular formula is C65H118N10O21. The van der Waals surface area contributed by atoms with E-state index in [0.29, 0.717) is 83.9 Å². The average molecular weight is 1380 g/mol. The number of hydrogen-bond acceptors (Lipinski definition) is 21. The van der Waals surface area contributed by atoms with E-state index in [-0.39, 0.29) is 158 Å². The average Bonchev–Trinajstić information content (AvgIpc) is 0.829. The third-order valence-electron chi connectivity index (χ3n) is 16.5. The summed E-state index contributed by atoms with van der Waals surface area (Å²) >= 11 is 0. The molecule has 2 aliphatic heterocycles. The van der Waals surface area contributed by atoms with Crippen molar-refractivity contribution >= 4 is 59.1 Å². The van der Waals surface area contributed by atoms with Gasteiger partial charge in [-0.2, -0.15) is 0 Å². The molecule has 0 aromatic carbocycles. The molecular weight excluding hydrogens is 1260 g/mol. The number of ether oxygens (including phenoxy) is 5. The first-order valence-electron chi connectivity index (χ1n) is 34.8. The standard InChI is InChI=1S/C65H118N10O21/c1-5-6-11-22-49(80)67-34-19-37-70-53(84)27-30-65(75-56(87)26-18-25-52(83)66-33-14-7-8-15-40-92-4,31-28-54(85)71-38-20-35-68-50(81)23-12-9-16-41-93-63-57(73-45(2)78)61(90)59(88)47(43-76)95-63)32-29-55(86)72-39-21-36-69-51(82)24-13-10-17-42-94-64-58(74-46(3)79)62(91)60(89)48(44-77)96-64/h47-48,57-64,76-77,88-91H,5-44H2,1-4H3,(H,66,83)(H,67,80)(H,68,81)(H,69,82)(H,70,84)(H,71,85)(H,72,86)(H,73,78)(H,74,79)(H,75,87)/t47?,48?,57?,58?,59-,60-,61+,62+,63+,64+,65?/m0/s1. The zero-order valence-corrected chi connectivity index (χ0v) is 57.4. The molecule has 0 aromatic heterocycles. The summed E-state index contributed by atoms with van der Waals surface area (Å²) in [6.07, 6.45) is 1.56. The van der Waals surface area contributed by atoms with Crippen LogP contribution in [0.2, 0.25) is 0 Å². The fraction of sp³-hybridized carbons (Fsp3) is 0.846. The molecule has 0 bridgehead atoms. The number of amides is 10. The van der Waals surface area contributed by atoms with Crippen LogP contribution in [0.5, 0.6) is 0 Å². The number of carbonyl (C=O) groups is 10. The summed E-state index contributed by atoms with van der Waals surface area (Å²) in [5.74, 6) is -3.13. The molecule has 16 N–H and O–H groups in total. The van der Waals surface area contributed by atoms with E-state index in [9.17, 15) is 78.6 Å². The van der Waals surface area contributed by atoms with Crippen molar-refractivity contribution in [2.45, 2.75) is 267 Å². The van der Waals surface area contributed by atoms with Gasteiger partial charge in [0.2, 0.25) is 59.1 Å². The number of methoxy groups -OCH3 is 1. The third kappa shape index (κ3) is 39.0. The second kappa shape index (κ2) is 52.3. The number of hydrogen-bond donors (Lipinski definition) is 16. The Balaban J connectivity index is 2.03. The minimum Gasteiger partial charge on any atom is -0.394 e. The molecule has 2 heterocycles. The van der Waals surface area contributed by atoms with Crippen molar-refractivity contribution in [3.05, 3.63) is 0 Å². The molecule has 0 saturated carbocycles. The van der Waals surface area contributed by atoms with Crippen molar-refractivity contribution in [3.63, 3.8) is 0 Å². The number of aliphatic hydroxyl groups excluding tert-OH is 6. The van der Waals surface area contributed by atoms with Crippen molar-refractivity contribution in [1.29, 1.82) is 0 Å². The molecule has 2 aliphatic rings. The van der Waals surface area contributed by atoms with E-state index in [4.69, 9.17) is 23.7 Å². The van der Waals surface area contributed by atoms with Crippen LogP contribution in [0.25, 0.3) is 0 Å². The van der Waals surface area contributed by atoms with E-state index < -0.39 is 97.8 Å². The summed E-state index contributed by atoms with van der Waals surface area (Å²) in [4.78, 5) is 128. The minimum absolute atomic E-state index is 0.0346. The lowest BCUT2D eigenvalue weighted by atomic mass is 9.82. The molecule has 96 heavy (non-hydrogen) atoms.